The lowest BCUT2D eigenvalue weighted by Crippen LogP contribution is -2.28. The van der Waals surface area contributed by atoms with E-state index in [9.17, 15) is 8.42 Å². The zero-order valence-electron chi connectivity index (χ0n) is 10.0. The highest BCUT2D eigenvalue weighted by Crippen LogP contribution is 2.14. The summed E-state index contributed by atoms with van der Waals surface area (Å²) < 4.78 is 25.8. The van der Waals surface area contributed by atoms with Crippen molar-refractivity contribution in [3.63, 3.8) is 0 Å². The van der Waals surface area contributed by atoms with Gasteiger partial charge in [0.05, 0.1) is 5.75 Å². The van der Waals surface area contributed by atoms with Gasteiger partial charge in [0.25, 0.3) is 0 Å². The summed E-state index contributed by atoms with van der Waals surface area (Å²) in [6, 6.07) is 7.71. The van der Waals surface area contributed by atoms with E-state index < -0.39 is 10.0 Å². The van der Waals surface area contributed by atoms with Gasteiger partial charge in [0.15, 0.2) is 0 Å². The average molecular weight is 241 g/mol. The van der Waals surface area contributed by atoms with Gasteiger partial charge in [0.1, 0.15) is 0 Å². The van der Waals surface area contributed by atoms with Crippen LogP contribution >= 0.6 is 0 Å². The summed E-state index contributed by atoms with van der Waals surface area (Å²) in [4.78, 5) is 0. The van der Waals surface area contributed by atoms with E-state index >= 15 is 0 Å². The maximum atomic E-state index is 11.6. The Morgan fingerprint density at radius 2 is 1.81 bits per heavy atom. The second-order valence-corrected chi connectivity index (χ2v) is 5.94. The number of hydrogen-bond acceptors (Lipinski definition) is 2. The standard InChI is InChI=1S/C12H19NO2S/c1-4-9-16(14,15)13-11(3)12-7-5-10(2)6-8-12/h5-8,11,13H,4,9H2,1-3H3. The normalized spacial score (nSPS) is 13.7. The molecule has 1 rings (SSSR count). The molecule has 0 saturated heterocycles. The van der Waals surface area contributed by atoms with Crippen LogP contribution in [0.25, 0.3) is 0 Å². The second-order valence-electron chi connectivity index (χ2n) is 4.07. The van der Waals surface area contributed by atoms with Crippen molar-refractivity contribution in [2.24, 2.45) is 0 Å². The van der Waals surface area contributed by atoms with Crippen LogP contribution in [0.2, 0.25) is 0 Å². The Morgan fingerprint density at radius 1 is 1.25 bits per heavy atom. The molecular formula is C12H19NO2S. The molecule has 0 aliphatic rings. The van der Waals surface area contributed by atoms with E-state index in [1.54, 1.807) is 0 Å². The van der Waals surface area contributed by atoms with Crippen molar-refractivity contribution in [3.8, 4) is 0 Å². The van der Waals surface area contributed by atoms with Crippen LogP contribution in [0, 0.1) is 6.92 Å². The molecule has 0 amide bonds. The molecule has 3 nitrogen and oxygen atoms in total. The van der Waals surface area contributed by atoms with Gasteiger partial charge in [0, 0.05) is 6.04 Å². The molecule has 0 fully saturated rings. The van der Waals surface area contributed by atoms with Crippen LogP contribution in [-0.2, 0) is 10.0 Å². The van der Waals surface area contributed by atoms with E-state index in [2.05, 4.69) is 4.72 Å². The van der Waals surface area contributed by atoms with Crippen LogP contribution in [0.4, 0.5) is 0 Å². The minimum atomic E-state index is -3.14. The Hall–Kier alpha value is -0.870. The van der Waals surface area contributed by atoms with Gasteiger partial charge >= 0.3 is 0 Å². The number of aryl methyl sites for hydroxylation is 1. The zero-order valence-corrected chi connectivity index (χ0v) is 10.8. The molecule has 0 radical (unpaired) electrons. The van der Waals surface area contributed by atoms with Crippen molar-refractivity contribution in [1.29, 1.82) is 0 Å². The van der Waals surface area contributed by atoms with Crippen molar-refractivity contribution in [2.75, 3.05) is 5.75 Å². The molecule has 0 saturated carbocycles. The molecule has 1 aromatic carbocycles. The highest BCUT2D eigenvalue weighted by atomic mass is 32.2. The maximum absolute atomic E-state index is 11.6. The highest BCUT2D eigenvalue weighted by molar-refractivity contribution is 7.89. The third-order valence-electron chi connectivity index (χ3n) is 2.41. The first-order chi connectivity index (χ1) is 7.44. The molecule has 0 aliphatic carbocycles. The monoisotopic (exact) mass is 241 g/mol. The summed E-state index contributed by atoms with van der Waals surface area (Å²) in [5, 5.41) is 0. The predicted octanol–water partition coefficient (Wildman–Crippen LogP) is 2.39. The Morgan fingerprint density at radius 3 is 2.31 bits per heavy atom. The van der Waals surface area contributed by atoms with Gasteiger partial charge in [0.2, 0.25) is 10.0 Å². The molecule has 0 spiro atoms. The molecule has 0 aromatic heterocycles. The highest BCUT2D eigenvalue weighted by Gasteiger charge is 2.14. The minimum absolute atomic E-state index is 0.169. The fraction of sp³-hybridized carbons (Fsp3) is 0.500. The summed E-state index contributed by atoms with van der Waals surface area (Å²) in [7, 11) is -3.14. The number of benzene rings is 1. The van der Waals surface area contributed by atoms with Crippen molar-refractivity contribution in [1.82, 2.24) is 4.72 Å². The fourth-order valence-corrected chi connectivity index (χ4v) is 2.85. The van der Waals surface area contributed by atoms with Gasteiger partial charge < -0.3 is 0 Å². The maximum Gasteiger partial charge on any atom is 0.212 e. The summed E-state index contributed by atoms with van der Waals surface area (Å²) in [6.45, 7) is 5.73. The van der Waals surface area contributed by atoms with Crippen LogP contribution in [0.5, 0.6) is 0 Å². The Bertz CT molecular complexity index is 423. The molecular weight excluding hydrogens is 222 g/mol. The molecule has 0 aliphatic heterocycles. The fourth-order valence-electron chi connectivity index (χ4n) is 1.52. The third kappa shape index (κ3) is 3.94. The van der Waals surface area contributed by atoms with Crippen LogP contribution in [-0.4, -0.2) is 14.2 Å². The van der Waals surface area contributed by atoms with Gasteiger partial charge in [-0.15, -0.1) is 0 Å². The molecule has 1 atom stereocenters. The lowest BCUT2D eigenvalue weighted by atomic mass is 10.1. The average Bonchev–Trinajstić information content (AvgIpc) is 2.17. The van der Waals surface area contributed by atoms with E-state index in [1.807, 2.05) is 45.0 Å². The molecule has 1 unspecified atom stereocenters. The quantitative estimate of drug-likeness (QED) is 0.860. The van der Waals surface area contributed by atoms with Gasteiger partial charge in [-0.3, -0.25) is 0 Å². The van der Waals surface area contributed by atoms with Gasteiger partial charge in [-0.05, 0) is 25.8 Å². The smallest absolute Gasteiger partial charge is 0.212 e. The van der Waals surface area contributed by atoms with Crippen LogP contribution in [0.1, 0.15) is 37.4 Å². The first-order valence-corrected chi connectivity index (χ1v) is 7.16. The van der Waals surface area contributed by atoms with E-state index in [4.69, 9.17) is 0 Å². The van der Waals surface area contributed by atoms with Crippen molar-refractivity contribution < 1.29 is 8.42 Å². The minimum Gasteiger partial charge on any atom is -0.212 e. The van der Waals surface area contributed by atoms with E-state index in [-0.39, 0.29) is 11.8 Å². The summed E-state index contributed by atoms with van der Waals surface area (Å²) >= 11 is 0. The molecule has 1 aromatic rings. The Labute approximate surface area is 97.9 Å². The molecule has 90 valence electrons. The van der Waals surface area contributed by atoms with Crippen LogP contribution in [0.3, 0.4) is 0 Å². The van der Waals surface area contributed by atoms with Crippen molar-refractivity contribution in [3.05, 3.63) is 35.4 Å². The van der Waals surface area contributed by atoms with Gasteiger partial charge in [-0.2, -0.15) is 0 Å². The van der Waals surface area contributed by atoms with E-state index in [0.717, 1.165) is 5.56 Å². The first kappa shape index (κ1) is 13.2. The first-order valence-electron chi connectivity index (χ1n) is 5.51. The lowest BCUT2D eigenvalue weighted by Gasteiger charge is -2.14. The number of nitrogens with one attached hydrogen (secondary N) is 1. The number of sulfonamides is 1. The van der Waals surface area contributed by atoms with E-state index in [1.165, 1.54) is 5.56 Å². The Kier molecular flexibility index (Phi) is 4.50. The summed E-state index contributed by atoms with van der Waals surface area (Å²) in [6.07, 6.45) is 0.635. The second kappa shape index (κ2) is 5.46. The van der Waals surface area contributed by atoms with Crippen LogP contribution < -0.4 is 4.72 Å². The van der Waals surface area contributed by atoms with E-state index in [0.29, 0.717) is 6.42 Å². The third-order valence-corrected chi connectivity index (χ3v) is 4.06. The molecule has 4 heteroatoms. The molecule has 0 heterocycles. The topological polar surface area (TPSA) is 46.2 Å². The number of rotatable bonds is 5. The lowest BCUT2D eigenvalue weighted by molar-refractivity contribution is 0.565. The molecule has 0 bridgehead atoms. The molecule has 1 N–H and O–H groups in total. The van der Waals surface area contributed by atoms with Crippen molar-refractivity contribution in [2.45, 2.75) is 33.2 Å². The van der Waals surface area contributed by atoms with Crippen molar-refractivity contribution >= 4 is 10.0 Å². The summed E-state index contributed by atoms with van der Waals surface area (Å²) in [5.74, 6) is 0.184. The summed E-state index contributed by atoms with van der Waals surface area (Å²) in [5.41, 5.74) is 2.16. The van der Waals surface area contributed by atoms with Crippen LogP contribution in [0.15, 0.2) is 24.3 Å². The van der Waals surface area contributed by atoms with Gasteiger partial charge in [-0.1, -0.05) is 36.8 Å². The largest absolute Gasteiger partial charge is 0.212 e. The number of hydrogen-bond donors (Lipinski definition) is 1. The van der Waals surface area contributed by atoms with Gasteiger partial charge in [-0.25, -0.2) is 13.1 Å². The SMILES string of the molecule is CCCS(=O)(=O)NC(C)c1ccc(C)cc1. The zero-order chi connectivity index (χ0) is 12.2. The Balaban J connectivity index is 2.72. The molecule has 16 heavy (non-hydrogen) atoms. The predicted molar refractivity (Wildman–Crippen MR) is 66.8 cm³/mol.